The van der Waals surface area contributed by atoms with Crippen LogP contribution in [-0.2, 0) is 4.74 Å². The van der Waals surface area contributed by atoms with Gasteiger partial charge in [-0.05, 0) is 55.7 Å². The number of aromatic nitrogens is 3. The Morgan fingerprint density at radius 2 is 1.69 bits per heavy atom. The van der Waals surface area contributed by atoms with E-state index in [0.717, 1.165) is 22.4 Å². The van der Waals surface area contributed by atoms with Crippen molar-refractivity contribution in [1.29, 1.82) is 0 Å². The molecule has 2 aliphatic heterocycles. The van der Waals surface area contributed by atoms with Gasteiger partial charge in [-0.1, -0.05) is 24.3 Å². The van der Waals surface area contributed by atoms with Crippen molar-refractivity contribution in [3.8, 4) is 22.6 Å². The van der Waals surface area contributed by atoms with Crippen molar-refractivity contribution in [2.24, 2.45) is 0 Å². The van der Waals surface area contributed by atoms with Gasteiger partial charge in [-0.15, -0.1) is 0 Å². The Bertz CT molecular complexity index is 1250. The van der Waals surface area contributed by atoms with Crippen molar-refractivity contribution in [2.45, 2.75) is 20.8 Å². The van der Waals surface area contributed by atoms with E-state index in [1.54, 1.807) is 17.0 Å². The van der Waals surface area contributed by atoms with Crippen LogP contribution in [0.2, 0.25) is 0 Å². The van der Waals surface area contributed by atoms with Gasteiger partial charge in [0.1, 0.15) is 11.3 Å². The molecule has 2 aromatic rings. The fraction of sp³-hybridized carbons (Fsp3) is 0.174. The van der Waals surface area contributed by atoms with Crippen LogP contribution in [0.5, 0.6) is 0 Å². The minimum Gasteiger partial charge on any atom is -0.465 e. The van der Waals surface area contributed by atoms with Crippen LogP contribution in [0, 0.1) is 20.8 Å². The molecule has 6 nitrogen and oxygen atoms in total. The predicted molar refractivity (Wildman–Crippen MR) is 111 cm³/mol. The van der Waals surface area contributed by atoms with Crippen molar-refractivity contribution < 1.29 is 9.53 Å². The number of hydrogen-bond acceptors (Lipinski definition) is 4. The summed E-state index contributed by atoms with van der Waals surface area (Å²) < 4.78 is 8.08. The second-order valence-electron chi connectivity index (χ2n) is 7.18. The normalized spacial score (nSPS) is 11.0. The first-order valence-corrected chi connectivity index (χ1v) is 9.27. The lowest BCUT2D eigenvalue weighted by Gasteiger charge is -2.13. The second-order valence-corrected chi connectivity index (χ2v) is 7.18. The summed E-state index contributed by atoms with van der Waals surface area (Å²) in [5, 5.41) is 4.47. The summed E-state index contributed by atoms with van der Waals surface area (Å²) in [5.74, 6) is -0.539. The number of pyridine rings is 1. The van der Waals surface area contributed by atoms with Crippen LogP contribution in [0.4, 0.5) is 0 Å². The molecule has 2 heterocycles. The van der Waals surface area contributed by atoms with E-state index in [-0.39, 0.29) is 11.1 Å². The van der Waals surface area contributed by atoms with Crippen molar-refractivity contribution in [2.75, 3.05) is 7.11 Å². The minimum atomic E-state index is -0.539. The number of benzene rings is 2. The van der Waals surface area contributed by atoms with Crippen molar-refractivity contribution in [3.63, 3.8) is 0 Å². The molecule has 29 heavy (non-hydrogen) atoms. The largest absolute Gasteiger partial charge is 0.465 e. The summed E-state index contributed by atoms with van der Waals surface area (Å²) >= 11 is 0. The lowest BCUT2D eigenvalue weighted by Crippen LogP contribution is -2.16. The quantitative estimate of drug-likeness (QED) is 0.501. The third kappa shape index (κ3) is 3.23. The Morgan fingerprint density at radius 3 is 2.34 bits per heavy atom. The Morgan fingerprint density at radius 1 is 1.00 bits per heavy atom. The Hall–Kier alpha value is -3.67. The van der Waals surface area contributed by atoms with Crippen LogP contribution in [0.1, 0.15) is 27.0 Å². The SMILES string of the molecule is COC(=O)c1cn(-c2cc(C)cc(C)c2)cc2c(=O)n(-c3ccccc3C)nc1-2. The number of methoxy groups -OCH3 is 1. The smallest absolute Gasteiger partial charge is 0.341 e. The lowest BCUT2D eigenvalue weighted by molar-refractivity contribution is 0.0600. The molecule has 0 spiro atoms. The first kappa shape index (κ1) is 18.7. The van der Waals surface area contributed by atoms with Crippen molar-refractivity contribution in [1.82, 2.24) is 14.3 Å². The van der Waals surface area contributed by atoms with Crippen LogP contribution in [0.15, 0.2) is 59.7 Å². The zero-order valence-corrected chi connectivity index (χ0v) is 16.8. The number of nitrogens with zero attached hydrogens (tertiary/aromatic N) is 3. The van der Waals surface area contributed by atoms with Crippen LogP contribution in [-0.4, -0.2) is 27.4 Å². The molecule has 0 bridgehead atoms. The zero-order chi connectivity index (χ0) is 20.7. The molecule has 0 atom stereocenters. The van der Waals surface area contributed by atoms with Gasteiger partial charge in [0.15, 0.2) is 0 Å². The van der Waals surface area contributed by atoms with E-state index >= 15 is 0 Å². The van der Waals surface area contributed by atoms with Gasteiger partial charge in [-0.2, -0.15) is 9.78 Å². The third-order valence-corrected chi connectivity index (χ3v) is 4.92. The number of para-hydroxylation sites is 1. The number of esters is 1. The molecule has 6 heteroatoms. The van der Waals surface area contributed by atoms with Crippen LogP contribution in [0.3, 0.4) is 0 Å². The summed E-state index contributed by atoms with van der Waals surface area (Å²) in [6.07, 6.45) is 3.39. The lowest BCUT2D eigenvalue weighted by atomic mass is 10.1. The predicted octanol–water partition coefficient (Wildman–Crippen LogP) is 3.84. The van der Waals surface area contributed by atoms with Crippen LogP contribution in [0.25, 0.3) is 22.6 Å². The second kappa shape index (κ2) is 7.05. The van der Waals surface area contributed by atoms with Gasteiger partial charge in [0, 0.05) is 18.1 Å². The molecule has 0 saturated carbocycles. The number of fused-ring (bicyclic) bond motifs is 1. The molecule has 0 saturated heterocycles. The summed E-state index contributed by atoms with van der Waals surface area (Å²) in [4.78, 5) is 25.7. The van der Waals surface area contributed by atoms with Gasteiger partial charge in [-0.25, -0.2) is 4.79 Å². The van der Waals surface area contributed by atoms with Gasteiger partial charge in [0.05, 0.1) is 18.4 Å². The molecule has 4 rings (SSSR count). The zero-order valence-electron chi connectivity index (χ0n) is 16.8. The standard InChI is InChI=1S/C23H21N3O3/c1-14-9-15(2)11-17(10-14)25-12-18-21(19(13-25)23(28)29-4)24-26(22(18)27)20-8-6-5-7-16(20)3/h5-13H,1-4H3. The maximum atomic E-state index is 13.2. The third-order valence-electron chi connectivity index (χ3n) is 4.92. The van der Waals surface area contributed by atoms with E-state index in [0.29, 0.717) is 16.9 Å². The van der Waals surface area contributed by atoms with E-state index in [1.165, 1.54) is 11.8 Å². The molecule has 2 aromatic carbocycles. The molecule has 0 unspecified atom stereocenters. The highest BCUT2D eigenvalue weighted by molar-refractivity contribution is 5.96. The maximum absolute atomic E-state index is 13.2. The Balaban J connectivity index is 2.03. The molecule has 2 aliphatic rings. The number of aryl methyl sites for hydroxylation is 3. The molecule has 0 aromatic heterocycles. The van der Waals surface area contributed by atoms with Crippen molar-refractivity contribution in [3.05, 3.63) is 87.5 Å². The summed E-state index contributed by atoms with van der Waals surface area (Å²) in [7, 11) is 1.32. The summed E-state index contributed by atoms with van der Waals surface area (Å²) in [5.41, 5.74) is 5.28. The highest BCUT2D eigenvalue weighted by Crippen LogP contribution is 2.26. The minimum absolute atomic E-state index is 0.244. The van der Waals surface area contributed by atoms with Gasteiger partial charge in [0.25, 0.3) is 5.56 Å². The highest BCUT2D eigenvalue weighted by Gasteiger charge is 2.25. The first-order valence-electron chi connectivity index (χ1n) is 9.27. The van der Waals surface area contributed by atoms with Gasteiger partial charge in [-0.3, -0.25) is 4.79 Å². The first-order chi connectivity index (χ1) is 13.9. The maximum Gasteiger partial charge on any atom is 0.341 e. The van der Waals surface area contributed by atoms with E-state index < -0.39 is 5.97 Å². The van der Waals surface area contributed by atoms with Crippen molar-refractivity contribution >= 4 is 5.97 Å². The number of rotatable bonds is 3. The van der Waals surface area contributed by atoms with Crippen LogP contribution >= 0.6 is 0 Å². The van der Waals surface area contributed by atoms with E-state index in [9.17, 15) is 9.59 Å². The number of hydrogen-bond donors (Lipinski definition) is 0. The molecule has 0 fully saturated rings. The summed E-state index contributed by atoms with van der Waals surface area (Å²) in [6.45, 7) is 5.93. The average Bonchev–Trinajstić information content (AvgIpc) is 3.03. The molecular formula is C23H21N3O3. The Labute approximate surface area is 168 Å². The fourth-order valence-corrected chi connectivity index (χ4v) is 3.58. The molecule has 0 radical (unpaired) electrons. The van der Waals surface area contributed by atoms with Gasteiger partial charge in [0.2, 0.25) is 0 Å². The Kier molecular flexibility index (Phi) is 4.54. The van der Waals surface area contributed by atoms with Gasteiger partial charge >= 0.3 is 5.97 Å². The van der Waals surface area contributed by atoms with E-state index in [4.69, 9.17) is 4.74 Å². The fourth-order valence-electron chi connectivity index (χ4n) is 3.58. The van der Waals surface area contributed by atoms with Gasteiger partial charge < -0.3 is 9.30 Å². The monoisotopic (exact) mass is 387 g/mol. The van der Waals surface area contributed by atoms with E-state index in [1.807, 2.05) is 57.2 Å². The topological polar surface area (TPSA) is 66.1 Å². The average molecular weight is 387 g/mol. The number of ether oxygens (including phenoxy) is 1. The number of carbonyl (C=O) groups is 1. The molecule has 146 valence electrons. The molecule has 0 amide bonds. The summed E-state index contributed by atoms with van der Waals surface area (Å²) in [6, 6.07) is 13.6. The van der Waals surface area contributed by atoms with Crippen LogP contribution < -0.4 is 5.56 Å². The molecule has 0 aliphatic carbocycles. The molecular weight excluding hydrogens is 366 g/mol. The number of carbonyl (C=O) groups excluding carboxylic acids is 1. The van der Waals surface area contributed by atoms with E-state index in [2.05, 4.69) is 11.2 Å². The molecule has 0 N–H and O–H groups in total. The highest BCUT2D eigenvalue weighted by atomic mass is 16.5.